The molecule has 1 fully saturated rings. The van der Waals surface area contributed by atoms with Crippen molar-refractivity contribution in [2.24, 2.45) is 5.73 Å². The molecule has 20 heavy (non-hydrogen) atoms. The van der Waals surface area contributed by atoms with Crippen LogP contribution in [-0.2, 0) is 11.2 Å². The second kappa shape index (κ2) is 6.46. The molecule has 1 aromatic rings. The van der Waals surface area contributed by atoms with Crippen LogP contribution in [0, 0.1) is 0 Å². The van der Waals surface area contributed by atoms with Crippen molar-refractivity contribution >= 4 is 15.9 Å². The Morgan fingerprint density at radius 2 is 2.25 bits per heavy atom. The minimum absolute atomic E-state index is 0.0173. The van der Waals surface area contributed by atoms with E-state index in [0.717, 1.165) is 35.0 Å². The summed E-state index contributed by atoms with van der Waals surface area (Å²) in [7, 11) is 0. The quantitative estimate of drug-likeness (QED) is 0.888. The molecular formula is C16H24BrNO2. The van der Waals surface area contributed by atoms with Gasteiger partial charge >= 0.3 is 0 Å². The van der Waals surface area contributed by atoms with Gasteiger partial charge in [0.25, 0.3) is 0 Å². The Kier molecular flexibility index (Phi) is 5.10. The average Bonchev–Trinajstić information content (AvgIpc) is 2.67. The Balaban J connectivity index is 2.02. The van der Waals surface area contributed by atoms with Gasteiger partial charge in [-0.15, -0.1) is 0 Å². The first-order valence-corrected chi connectivity index (χ1v) is 8.00. The molecule has 1 heterocycles. The van der Waals surface area contributed by atoms with E-state index in [2.05, 4.69) is 35.8 Å². The summed E-state index contributed by atoms with van der Waals surface area (Å²) in [6, 6.07) is 6.21. The number of para-hydroxylation sites is 1. The van der Waals surface area contributed by atoms with Crippen LogP contribution in [0.1, 0.15) is 39.2 Å². The highest BCUT2D eigenvalue weighted by Crippen LogP contribution is 2.33. The molecule has 0 amide bonds. The van der Waals surface area contributed by atoms with Gasteiger partial charge in [0.2, 0.25) is 0 Å². The minimum atomic E-state index is -0.0173. The second-order valence-corrected chi connectivity index (χ2v) is 7.11. The zero-order chi connectivity index (χ0) is 14.8. The van der Waals surface area contributed by atoms with Gasteiger partial charge in [-0.1, -0.05) is 12.1 Å². The number of ether oxygens (including phenoxy) is 2. The van der Waals surface area contributed by atoms with E-state index in [1.807, 2.05) is 19.1 Å². The molecule has 2 unspecified atom stereocenters. The molecule has 0 saturated carbocycles. The van der Waals surface area contributed by atoms with Crippen molar-refractivity contribution in [2.45, 2.75) is 57.8 Å². The van der Waals surface area contributed by atoms with Crippen LogP contribution in [0.15, 0.2) is 22.7 Å². The normalized spacial score (nSPS) is 22.8. The third-order valence-corrected chi connectivity index (χ3v) is 4.18. The van der Waals surface area contributed by atoms with E-state index in [-0.39, 0.29) is 17.7 Å². The van der Waals surface area contributed by atoms with Crippen LogP contribution in [0.4, 0.5) is 0 Å². The third-order valence-electron chi connectivity index (χ3n) is 3.56. The molecule has 3 nitrogen and oxygen atoms in total. The smallest absolute Gasteiger partial charge is 0.136 e. The Morgan fingerprint density at radius 3 is 2.85 bits per heavy atom. The summed E-state index contributed by atoms with van der Waals surface area (Å²) in [5.41, 5.74) is 7.03. The molecule has 2 atom stereocenters. The Labute approximate surface area is 130 Å². The number of halogens is 1. The molecule has 0 radical (unpaired) electrons. The Morgan fingerprint density at radius 1 is 1.50 bits per heavy atom. The molecule has 112 valence electrons. The lowest BCUT2D eigenvalue weighted by Crippen LogP contribution is -2.24. The molecule has 1 aromatic carbocycles. The lowest BCUT2D eigenvalue weighted by molar-refractivity contribution is -0.0328. The zero-order valence-corrected chi connectivity index (χ0v) is 14.1. The summed E-state index contributed by atoms with van der Waals surface area (Å²) >= 11 is 3.56. The van der Waals surface area contributed by atoms with E-state index < -0.39 is 0 Å². The Bertz CT molecular complexity index is 460. The number of benzene rings is 1. The van der Waals surface area contributed by atoms with Crippen molar-refractivity contribution in [3.63, 3.8) is 0 Å². The van der Waals surface area contributed by atoms with Crippen molar-refractivity contribution in [1.82, 2.24) is 0 Å². The highest BCUT2D eigenvalue weighted by Gasteiger charge is 2.32. The topological polar surface area (TPSA) is 44.5 Å². The van der Waals surface area contributed by atoms with Crippen molar-refractivity contribution < 1.29 is 9.47 Å². The summed E-state index contributed by atoms with van der Waals surface area (Å²) in [6.07, 6.45) is 3.13. The number of rotatable bonds is 5. The largest absolute Gasteiger partial charge is 0.489 e. The van der Waals surface area contributed by atoms with Crippen LogP contribution in [0.3, 0.4) is 0 Å². The van der Waals surface area contributed by atoms with E-state index >= 15 is 0 Å². The standard InChI is InChI=1S/C16H24BrNO2/c1-11(18)9-12-5-4-6-14(17)15(12)19-10-13-7-8-16(2,3)20-13/h4-6,11,13H,7-10,18H2,1-3H3. The van der Waals surface area contributed by atoms with E-state index in [1.54, 1.807) is 0 Å². The van der Waals surface area contributed by atoms with Crippen LogP contribution in [0.25, 0.3) is 0 Å². The number of hydrogen-bond acceptors (Lipinski definition) is 3. The summed E-state index contributed by atoms with van der Waals surface area (Å²) in [4.78, 5) is 0. The third kappa shape index (κ3) is 4.21. The van der Waals surface area contributed by atoms with Gasteiger partial charge in [-0.25, -0.2) is 0 Å². The maximum atomic E-state index is 6.02. The molecule has 0 bridgehead atoms. The van der Waals surface area contributed by atoms with Crippen molar-refractivity contribution in [2.75, 3.05) is 6.61 Å². The van der Waals surface area contributed by atoms with Crippen LogP contribution >= 0.6 is 15.9 Å². The first-order chi connectivity index (χ1) is 9.37. The fraction of sp³-hybridized carbons (Fsp3) is 0.625. The monoisotopic (exact) mass is 341 g/mol. The summed E-state index contributed by atoms with van der Waals surface area (Å²) < 4.78 is 13.0. The molecule has 0 aliphatic carbocycles. The predicted molar refractivity (Wildman–Crippen MR) is 85.2 cm³/mol. The molecule has 1 aliphatic rings. The van der Waals surface area contributed by atoms with Crippen molar-refractivity contribution in [3.05, 3.63) is 28.2 Å². The lowest BCUT2D eigenvalue weighted by atomic mass is 10.1. The molecule has 0 spiro atoms. The SMILES string of the molecule is CC(N)Cc1cccc(Br)c1OCC1CCC(C)(C)O1. The molecule has 2 N–H and O–H groups in total. The molecular weight excluding hydrogens is 318 g/mol. The van der Waals surface area contributed by atoms with Gasteiger partial charge in [0.05, 0.1) is 16.2 Å². The Hall–Kier alpha value is -0.580. The first-order valence-electron chi connectivity index (χ1n) is 7.21. The van der Waals surface area contributed by atoms with Gasteiger partial charge in [0, 0.05) is 6.04 Å². The highest BCUT2D eigenvalue weighted by atomic mass is 79.9. The highest BCUT2D eigenvalue weighted by molar-refractivity contribution is 9.10. The van der Waals surface area contributed by atoms with Gasteiger partial charge in [-0.2, -0.15) is 0 Å². The lowest BCUT2D eigenvalue weighted by Gasteiger charge is -2.21. The fourth-order valence-electron chi connectivity index (χ4n) is 2.59. The van der Waals surface area contributed by atoms with E-state index in [0.29, 0.717) is 6.61 Å². The van der Waals surface area contributed by atoms with Crippen LogP contribution in [0.2, 0.25) is 0 Å². The van der Waals surface area contributed by atoms with Crippen LogP contribution < -0.4 is 10.5 Å². The molecule has 2 rings (SSSR count). The van der Waals surface area contributed by atoms with E-state index in [4.69, 9.17) is 15.2 Å². The van der Waals surface area contributed by atoms with Crippen molar-refractivity contribution in [3.8, 4) is 5.75 Å². The van der Waals surface area contributed by atoms with Gasteiger partial charge in [-0.05, 0) is 67.6 Å². The van der Waals surface area contributed by atoms with E-state index in [1.165, 1.54) is 0 Å². The summed E-state index contributed by atoms with van der Waals surface area (Å²) in [5.74, 6) is 0.901. The van der Waals surface area contributed by atoms with Gasteiger partial charge < -0.3 is 15.2 Å². The average molecular weight is 342 g/mol. The zero-order valence-electron chi connectivity index (χ0n) is 12.5. The minimum Gasteiger partial charge on any atom is -0.489 e. The van der Waals surface area contributed by atoms with Gasteiger partial charge in [0.1, 0.15) is 12.4 Å². The van der Waals surface area contributed by atoms with Crippen molar-refractivity contribution in [1.29, 1.82) is 0 Å². The van der Waals surface area contributed by atoms with E-state index in [9.17, 15) is 0 Å². The predicted octanol–water partition coefficient (Wildman–Crippen LogP) is 3.68. The van der Waals surface area contributed by atoms with Crippen LogP contribution in [0.5, 0.6) is 5.75 Å². The number of hydrogen-bond donors (Lipinski definition) is 1. The molecule has 4 heteroatoms. The summed E-state index contributed by atoms with van der Waals surface area (Å²) in [6.45, 7) is 6.87. The molecule has 1 aliphatic heterocycles. The second-order valence-electron chi connectivity index (χ2n) is 6.26. The van der Waals surface area contributed by atoms with Crippen LogP contribution in [-0.4, -0.2) is 24.4 Å². The maximum Gasteiger partial charge on any atom is 0.136 e. The van der Waals surface area contributed by atoms with Gasteiger partial charge in [0.15, 0.2) is 0 Å². The fourth-order valence-corrected chi connectivity index (χ4v) is 3.12. The van der Waals surface area contributed by atoms with Gasteiger partial charge in [-0.3, -0.25) is 0 Å². The molecule has 1 saturated heterocycles. The number of nitrogens with two attached hydrogens (primary N) is 1. The molecule has 0 aromatic heterocycles. The summed E-state index contributed by atoms with van der Waals surface area (Å²) in [5, 5.41) is 0. The first kappa shape index (κ1) is 15.8. The maximum absolute atomic E-state index is 6.02.